The first-order valence-electron chi connectivity index (χ1n) is 6.55. The normalized spacial score (nSPS) is 21.8. The van der Waals surface area contributed by atoms with Crippen LogP contribution in [-0.2, 0) is 11.3 Å². The van der Waals surface area contributed by atoms with Crippen LogP contribution < -0.4 is 11.1 Å². The van der Waals surface area contributed by atoms with Crippen molar-refractivity contribution in [1.29, 1.82) is 0 Å². The summed E-state index contributed by atoms with van der Waals surface area (Å²) in [6.45, 7) is 0.890. The molecule has 1 aliphatic heterocycles. The van der Waals surface area contributed by atoms with Gasteiger partial charge in [0.2, 0.25) is 5.91 Å². The van der Waals surface area contributed by atoms with Gasteiger partial charge >= 0.3 is 0 Å². The molecule has 0 bridgehead atoms. The van der Waals surface area contributed by atoms with Crippen molar-refractivity contribution in [3.05, 3.63) is 23.7 Å². The first-order valence-corrected chi connectivity index (χ1v) is 6.55. The lowest BCUT2D eigenvalue weighted by Crippen LogP contribution is -2.37. The minimum Gasteiger partial charge on any atom is -0.467 e. The standard InChI is InChI=1S/C13H17N3O3.ClH/c14-5-11-3-8(7-19-11)13(18)15-9-4-12(17)16(6-9)10-1-2-10;/h3,7,9-10H,1-2,4-6,14H2,(H,15,18);1H. The predicted octanol–water partition coefficient (Wildman–Crippen LogP) is 0.653. The maximum atomic E-state index is 12.0. The third kappa shape index (κ3) is 2.96. The highest BCUT2D eigenvalue weighted by molar-refractivity contribution is 5.95. The Labute approximate surface area is 123 Å². The van der Waals surface area contributed by atoms with Gasteiger partial charge in [0.15, 0.2) is 0 Å². The second-order valence-corrected chi connectivity index (χ2v) is 5.16. The largest absolute Gasteiger partial charge is 0.467 e. The zero-order chi connectivity index (χ0) is 13.4. The first-order chi connectivity index (χ1) is 9.17. The molecular weight excluding hydrogens is 282 g/mol. The van der Waals surface area contributed by atoms with Gasteiger partial charge in [0.25, 0.3) is 5.91 Å². The second kappa shape index (κ2) is 5.85. The first kappa shape index (κ1) is 14.9. The van der Waals surface area contributed by atoms with Gasteiger partial charge in [-0.05, 0) is 18.9 Å². The minimum atomic E-state index is -0.209. The zero-order valence-electron chi connectivity index (χ0n) is 11.0. The van der Waals surface area contributed by atoms with Gasteiger partial charge in [0.05, 0.1) is 18.2 Å². The van der Waals surface area contributed by atoms with E-state index in [0.717, 1.165) is 12.8 Å². The molecule has 2 heterocycles. The molecule has 1 unspecified atom stereocenters. The Morgan fingerprint density at radius 2 is 2.25 bits per heavy atom. The molecule has 110 valence electrons. The maximum Gasteiger partial charge on any atom is 0.254 e. The van der Waals surface area contributed by atoms with Gasteiger partial charge in [-0.15, -0.1) is 12.4 Å². The van der Waals surface area contributed by atoms with E-state index in [4.69, 9.17) is 10.2 Å². The molecule has 1 aromatic heterocycles. The molecule has 3 rings (SSSR count). The van der Waals surface area contributed by atoms with Crippen molar-refractivity contribution in [2.24, 2.45) is 5.73 Å². The molecule has 2 aliphatic rings. The van der Waals surface area contributed by atoms with E-state index >= 15 is 0 Å². The number of furan rings is 1. The number of rotatable bonds is 4. The summed E-state index contributed by atoms with van der Waals surface area (Å²) in [5.74, 6) is 0.508. The molecule has 1 atom stereocenters. The molecule has 1 aromatic rings. The van der Waals surface area contributed by atoms with Crippen molar-refractivity contribution in [3.63, 3.8) is 0 Å². The molecule has 0 aromatic carbocycles. The number of amides is 2. The Morgan fingerprint density at radius 1 is 1.50 bits per heavy atom. The highest BCUT2D eigenvalue weighted by Crippen LogP contribution is 2.30. The summed E-state index contributed by atoms with van der Waals surface area (Å²) in [5.41, 5.74) is 5.88. The average molecular weight is 300 g/mol. The monoisotopic (exact) mass is 299 g/mol. The summed E-state index contributed by atoms with van der Waals surface area (Å²) in [6, 6.07) is 1.94. The average Bonchev–Trinajstić information content (AvgIpc) is 2.99. The molecule has 3 N–H and O–H groups in total. The van der Waals surface area contributed by atoms with E-state index in [1.807, 2.05) is 4.90 Å². The topological polar surface area (TPSA) is 88.6 Å². The summed E-state index contributed by atoms with van der Waals surface area (Å²) in [6.07, 6.45) is 3.97. The zero-order valence-corrected chi connectivity index (χ0v) is 11.8. The number of likely N-dealkylation sites (tertiary alicyclic amines) is 1. The predicted molar refractivity (Wildman–Crippen MR) is 74.5 cm³/mol. The van der Waals surface area contributed by atoms with Crippen LogP contribution in [0.25, 0.3) is 0 Å². The molecule has 20 heavy (non-hydrogen) atoms. The van der Waals surface area contributed by atoms with E-state index in [2.05, 4.69) is 5.32 Å². The summed E-state index contributed by atoms with van der Waals surface area (Å²) in [5, 5.41) is 2.87. The third-order valence-corrected chi connectivity index (χ3v) is 3.60. The maximum absolute atomic E-state index is 12.0. The molecule has 2 amide bonds. The van der Waals surface area contributed by atoms with Crippen LogP contribution in [0.4, 0.5) is 0 Å². The van der Waals surface area contributed by atoms with E-state index in [1.165, 1.54) is 6.26 Å². The van der Waals surface area contributed by atoms with Crippen LogP contribution in [0.1, 0.15) is 35.4 Å². The number of nitrogens with zero attached hydrogens (tertiary/aromatic N) is 1. The molecule has 0 spiro atoms. The molecule has 7 heteroatoms. The van der Waals surface area contributed by atoms with Crippen LogP contribution in [-0.4, -0.2) is 35.3 Å². The third-order valence-electron chi connectivity index (χ3n) is 3.60. The van der Waals surface area contributed by atoms with Gasteiger partial charge in [-0.3, -0.25) is 9.59 Å². The SMILES string of the molecule is Cl.NCc1cc(C(=O)NC2CC(=O)N(C3CC3)C2)co1. The van der Waals surface area contributed by atoms with Gasteiger partial charge in [-0.25, -0.2) is 0 Å². The van der Waals surface area contributed by atoms with Crippen LogP contribution in [0.3, 0.4) is 0 Å². The fraction of sp³-hybridized carbons (Fsp3) is 0.538. The highest BCUT2D eigenvalue weighted by Gasteiger charge is 2.39. The number of carbonyl (C=O) groups excluding carboxylic acids is 2. The molecule has 1 saturated heterocycles. The van der Waals surface area contributed by atoms with Crippen molar-refractivity contribution in [3.8, 4) is 0 Å². The number of hydrogen-bond donors (Lipinski definition) is 2. The molecule has 0 radical (unpaired) electrons. The Hall–Kier alpha value is -1.53. The number of hydrogen-bond acceptors (Lipinski definition) is 4. The lowest BCUT2D eigenvalue weighted by molar-refractivity contribution is -0.128. The Kier molecular flexibility index (Phi) is 4.35. The van der Waals surface area contributed by atoms with Crippen LogP contribution in [0, 0.1) is 0 Å². The van der Waals surface area contributed by atoms with Crippen LogP contribution in [0.5, 0.6) is 0 Å². The van der Waals surface area contributed by atoms with Crippen LogP contribution >= 0.6 is 12.4 Å². The molecule has 1 aliphatic carbocycles. The van der Waals surface area contributed by atoms with E-state index < -0.39 is 0 Å². The van der Waals surface area contributed by atoms with Crippen LogP contribution in [0.2, 0.25) is 0 Å². The Morgan fingerprint density at radius 3 is 2.85 bits per heavy atom. The summed E-state index contributed by atoms with van der Waals surface area (Å²) < 4.78 is 5.13. The van der Waals surface area contributed by atoms with Crippen LogP contribution in [0.15, 0.2) is 16.7 Å². The van der Waals surface area contributed by atoms with Crippen molar-refractivity contribution >= 4 is 24.2 Å². The van der Waals surface area contributed by atoms with Gasteiger partial charge < -0.3 is 20.4 Å². The van der Waals surface area contributed by atoms with Gasteiger partial charge in [0, 0.05) is 19.0 Å². The van der Waals surface area contributed by atoms with E-state index in [-0.39, 0.29) is 36.8 Å². The summed E-state index contributed by atoms with van der Waals surface area (Å²) >= 11 is 0. The number of nitrogens with one attached hydrogen (secondary N) is 1. The fourth-order valence-corrected chi connectivity index (χ4v) is 2.44. The fourth-order valence-electron chi connectivity index (χ4n) is 2.44. The van der Waals surface area contributed by atoms with E-state index in [1.54, 1.807) is 6.07 Å². The summed E-state index contributed by atoms with van der Waals surface area (Å²) in [4.78, 5) is 25.6. The Balaban J connectivity index is 0.00000147. The van der Waals surface area contributed by atoms with Gasteiger partial charge in [-0.2, -0.15) is 0 Å². The minimum absolute atomic E-state index is 0. The number of carbonyl (C=O) groups is 2. The number of nitrogens with two attached hydrogens (primary N) is 1. The molecular formula is C13H18ClN3O3. The van der Waals surface area contributed by atoms with Crippen molar-refractivity contribution < 1.29 is 14.0 Å². The van der Waals surface area contributed by atoms with E-state index in [0.29, 0.717) is 30.3 Å². The molecule has 6 nitrogen and oxygen atoms in total. The van der Waals surface area contributed by atoms with E-state index in [9.17, 15) is 9.59 Å². The second-order valence-electron chi connectivity index (χ2n) is 5.16. The smallest absolute Gasteiger partial charge is 0.254 e. The van der Waals surface area contributed by atoms with Crippen molar-refractivity contribution in [2.75, 3.05) is 6.54 Å². The lowest BCUT2D eigenvalue weighted by Gasteiger charge is -2.15. The van der Waals surface area contributed by atoms with Gasteiger partial charge in [0.1, 0.15) is 12.0 Å². The summed E-state index contributed by atoms with van der Waals surface area (Å²) in [7, 11) is 0. The molecule has 1 saturated carbocycles. The lowest BCUT2D eigenvalue weighted by atomic mass is 10.2. The Bertz CT molecular complexity index is 513. The highest BCUT2D eigenvalue weighted by atomic mass is 35.5. The van der Waals surface area contributed by atoms with Crippen molar-refractivity contribution in [2.45, 2.75) is 37.9 Å². The number of halogens is 1. The van der Waals surface area contributed by atoms with Gasteiger partial charge in [-0.1, -0.05) is 0 Å². The quantitative estimate of drug-likeness (QED) is 0.854. The van der Waals surface area contributed by atoms with Crippen molar-refractivity contribution in [1.82, 2.24) is 10.2 Å². The molecule has 2 fully saturated rings.